The van der Waals surface area contributed by atoms with Gasteiger partial charge < -0.3 is 9.64 Å². The molecule has 2 aromatic carbocycles. The van der Waals surface area contributed by atoms with E-state index in [1.807, 2.05) is 12.1 Å². The molecule has 0 aliphatic carbocycles. The van der Waals surface area contributed by atoms with Crippen molar-refractivity contribution in [2.24, 2.45) is 5.92 Å². The fraction of sp³-hybridized carbons (Fsp3) is 0.391. The SMILES string of the molecule is CC(C)N1CCC[C@H](Cn2c(Oc3ccc(F)cc3)nc3ccccc3c2=O)C1. The van der Waals surface area contributed by atoms with E-state index in [2.05, 4.69) is 23.7 Å². The van der Waals surface area contributed by atoms with E-state index in [0.717, 1.165) is 25.9 Å². The van der Waals surface area contributed by atoms with Crippen LogP contribution in [0.5, 0.6) is 11.8 Å². The molecule has 6 heteroatoms. The Morgan fingerprint density at radius 3 is 2.69 bits per heavy atom. The summed E-state index contributed by atoms with van der Waals surface area (Å²) < 4.78 is 20.8. The zero-order valence-electron chi connectivity index (χ0n) is 16.8. The molecule has 0 unspecified atom stereocenters. The number of halogens is 1. The molecule has 2 heterocycles. The Labute approximate surface area is 169 Å². The molecule has 1 atom stereocenters. The van der Waals surface area contributed by atoms with Gasteiger partial charge in [-0.1, -0.05) is 12.1 Å². The quantitative estimate of drug-likeness (QED) is 0.640. The summed E-state index contributed by atoms with van der Waals surface area (Å²) in [4.78, 5) is 20.3. The van der Waals surface area contributed by atoms with Crippen molar-refractivity contribution in [3.63, 3.8) is 0 Å². The first-order chi connectivity index (χ1) is 14.0. The van der Waals surface area contributed by atoms with Crippen molar-refractivity contribution in [2.75, 3.05) is 13.1 Å². The number of fused-ring (bicyclic) bond motifs is 1. The van der Waals surface area contributed by atoms with Crippen LogP contribution in [0.25, 0.3) is 10.9 Å². The van der Waals surface area contributed by atoms with Gasteiger partial charge in [0.25, 0.3) is 5.56 Å². The number of para-hydroxylation sites is 1. The lowest BCUT2D eigenvalue weighted by Crippen LogP contribution is -2.42. The van der Waals surface area contributed by atoms with Gasteiger partial charge in [0.2, 0.25) is 0 Å². The molecular weight excluding hydrogens is 369 g/mol. The Kier molecular flexibility index (Phi) is 5.62. The van der Waals surface area contributed by atoms with E-state index in [0.29, 0.717) is 35.2 Å². The highest BCUT2D eigenvalue weighted by atomic mass is 19.1. The molecule has 3 aromatic rings. The summed E-state index contributed by atoms with van der Waals surface area (Å²) in [6, 6.07) is 13.8. The molecule has 5 nitrogen and oxygen atoms in total. The Balaban J connectivity index is 1.71. The van der Waals surface area contributed by atoms with Crippen LogP contribution in [0.15, 0.2) is 53.3 Å². The van der Waals surface area contributed by atoms with E-state index >= 15 is 0 Å². The van der Waals surface area contributed by atoms with Gasteiger partial charge in [-0.05, 0) is 75.5 Å². The summed E-state index contributed by atoms with van der Waals surface area (Å²) in [6.07, 6.45) is 2.19. The number of likely N-dealkylation sites (tertiary alicyclic amines) is 1. The Morgan fingerprint density at radius 1 is 1.17 bits per heavy atom. The molecule has 1 aliphatic rings. The fourth-order valence-corrected chi connectivity index (χ4v) is 3.97. The van der Waals surface area contributed by atoms with Crippen LogP contribution in [0.3, 0.4) is 0 Å². The molecule has 4 rings (SSSR count). The zero-order chi connectivity index (χ0) is 20.4. The van der Waals surface area contributed by atoms with Crippen LogP contribution >= 0.6 is 0 Å². The van der Waals surface area contributed by atoms with Crippen molar-refractivity contribution in [3.05, 3.63) is 64.7 Å². The topological polar surface area (TPSA) is 47.4 Å². The second kappa shape index (κ2) is 8.33. The lowest BCUT2D eigenvalue weighted by molar-refractivity contribution is 0.128. The van der Waals surface area contributed by atoms with Crippen molar-refractivity contribution in [1.29, 1.82) is 0 Å². The minimum atomic E-state index is -0.336. The highest BCUT2D eigenvalue weighted by molar-refractivity contribution is 5.77. The first kappa shape index (κ1) is 19.6. The number of nitrogens with zero attached hydrogens (tertiary/aromatic N) is 3. The molecule has 0 bridgehead atoms. The number of rotatable bonds is 5. The standard InChI is InChI=1S/C23H26FN3O2/c1-16(2)26-13-5-6-17(14-26)15-27-22(28)20-7-3-4-8-21(20)25-23(27)29-19-11-9-18(24)10-12-19/h3-4,7-12,16-17H,5-6,13-15H2,1-2H3/t17-/m0/s1. The predicted octanol–water partition coefficient (Wildman–Crippen LogP) is 4.45. The van der Waals surface area contributed by atoms with E-state index in [1.54, 1.807) is 28.8 Å². The lowest BCUT2D eigenvalue weighted by atomic mass is 9.97. The smallest absolute Gasteiger partial charge is 0.305 e. The molecule has 0 radical (unpaired) electrons. The van der Waals surface area contributed by atoms with Crippen LogP contribution < -0.4 is 10.3 Å². The first-order valence-corrected chi connectivity index (χ1v) is 10.2. The van der Waals surface area contributed by atoms with Gasteiger partial charge in [-0.3, -0.25) is 9.36 Å². The molecular formula is C23H26FN3O2. The van der Waals surface area contributed by atoms with Crippen molar-refractivity contribution >= 4 is 10.9 Å². The third-order valence-corrected chi connectivity index (χ3v) is 5.57. The van der Waals surface area contributed by atoms with Gasteiger partial charge in [0.1, 0.15) is 11.6 Å². The monoisotopic (exact) mass is 395 g/mol. The number of ether oxygens (including phenoxy) is 1. The minimum absolute atomic E-state index is 0.102. The van der Waals surface area contributed by atoms with Crippen LogP contribution in [-0.4, -0.2) is 33.6 Å². The Bertz CT molecular complexity index is 1050. The third kappa shape index (κ3) is 4.32. The molecule has 29 heavy (non-hydrogen) atoms. The van der Waals surface area contributed by atoms with Crippen molar-refractivity contribution in [1.82, 2.24) is 14.5 Å². The summed E-state index contributed by atoms with van der Waals surface area (Å²) >= 11 is 0. The maximum absolute atomic E-state index is 13.3. The maximum Gasteiger partial charge on any atom is 0.305 e. The molecule has 1 aliphatic heterocycles. The number of hydrogen-bond acceptors (Lipinski definition) is 4. The van der Waals surface area contributed by atoms with Crippen LogP contribution in [-0.2, 0) is 6.54 Å². The fourth-order valence-electron chi connectivity index (χ4n) is 3.97. The molecule has 152 valence electrons. The summed E-state index contributed by atoms with van der Waals surface area (Å²) in [6.45, 7) is 7.01. The summed E-state index contributed by atoms with van der Waals surface area (Å²) in [5.74, 6) is 0.467. The van der Waals surface area contributed by atoms with Gasteiger partial charge >= 0.3 is 6.01 Å². The second-order valence-corrected chi connectivity index (χ2v) is 7.98. The summed E-state index contributed by atoms with van der Waals surface area (Å²) in [5, 5.41) is 0.579. The van der Waals surface area contributed by atoms with Gasteiger partial charge in [-0.25, -0.2) is 4.39 Å². The van der Waals surface area contributed by atoms with Crippen LogP contribution in [0.4, 0.5) is 4.39 Å². The van der Waals surface area contributed by atoms with Gasteiger partial charge in [0.15, 0.2) is 0 Å². The van der Waals surface area contributed by atoms with E-state index in [1.165, 1.54) is 12.1 Å². The van der Waals surface area contributed by atoms with Crippen LogP contribution in [0.2, 0.25) is 0 Å². The number of piperidine rings is 1. The van der Waals surface area contributed by atoms with E-state index in [-0.39, 0.29) is 17.4 Å². The van der Waals surface area contributed by atoms with Crippen molar-refractivity contribution in [3.8, 4) is 11.8 Å². The van der Waals surface area contributed by atoms with Gasteiger partial charge in [-0.2, -0.15) is 4.98 Å². The molecule has 1 fully saturated rings. The molecule has 0 spiro atoms. The van der Waals surface area contributed by atoms with Gasteiger partial charge in [0, 0.05) is 19.1 Å². The summed E-state index contributed by atoms with van der Waals surface area (Å²) in [5.41, 5.74) is 0.493. The molecule has 1 saturated heterocycles. The second-order valence-electron chi connectivity index (χ2n) is 7.98. The Morgan fingerprint density at radius 2 is 1.93 bits per heavy atom. The highest BCUT2D eigenvalue weighted by Crippen LogP contribution is 2.25. The molecule has 0 amide bonds. The normalized spacial score (nSPS) is 17.7. The first-order valence-electron chi connectivity index (χ1n) is 10.2. The lowest BCUT2D eigenvalue weighted by Gasteiger charge is -2.35. The third-order valence-electron chi connectivity index (χ3n) is 5.57. The number of aromatic nitrogens is 2. The van der Waals surface area contributed by atoms with Crippen molar-refractivity contribution < 1.29 is 9.13 Å². The maximum atomic E-state index is 13.3. The van der Waals surface area contributed by atoms with Crippen LogP contribution in [0, 0.1) is 11.7 Å². The number of hydrogen-bond donors (Lipinski definition) is 0. The highest BCUT2D eigenvalue weighted by Gasteiger charge is 2.24. The molecule has 1 aromatic heterocycles. The van der Waals surface area contributed by atoms with Crippen LogP contribution in [0.1, 0.15) is 26.7 Å². The average Bonchev–Trinajstić information content (AvgIpc) is 2.73. The zero-order valence-corrected chi connectivity index (χ0v) is 16.8. The van der Waals surface area contributed by atoms with E-state index < -0.39 is 0 Å². The van der Waals surface area contributed by atoms with Crippen molar-refractivity contribution in [2.45, 2.75) is 39.3 Å². The minimum Gasteiger partial charge on any atom is -0.425 e. The van der Waals surface area contributed by atoms with E-state index in [9.17, 15) is 9.18 Å². The molecule has 0 saturated carbocycles. The summed E-state index contributed by atoms with van der Waals surface area (Å²) in [7, 11) is 0. The van der Waals surface area contributed by atoms with Gasteiger partial charge in [0.05, 0.1) is 10.9 Å². The Hall–Kier alpha value is -2.73. The largest absolute Gasteiger partial charge is 0.425 e. The molecule has 0 N–H and O–H groups in total. The van der Waals surface area contributed by atoms with E-state index in [4.69, 9.17) is 4.74 Å². The number of benzene rings is 2. The predicted molar refractivity (Wildman–Crippen MR) is 112 cm³/mol. The van der Waals surface area contributed by atoms with Gasteiger partial charge in [-0.15, -0.1) is 0 Å². The average molecular weight is 395 g/mol.